The first-order valence-electron chi connectivity index (χ1n) is 7.24. The van der Waals surface area contributed by atoms with Crippen molar-refractivity contribution in [2.45, 2.75) is 40.3 Å². The molecule has 0 aliphatic rings. The second-order valence-electron chi connectivity index (χ2n) is 5.74. The number of rotatable bonds is 6. The highest BCUT2D eigenvalue weighted by atomic mass is 35.5. The Bertz CT molecular complexity index is 582. The summed E-state index contributed by atoms with van der Waals surface area (Å²) in [6.07, 6.45) is 0. The van der Waals surface area contributed by atoms with Crippen LogP contribution in [0.2, 0.25) is 5.02 Å². The molecule has 0 aliphatic heterocycles. The minimum absolute atomic E-state index is 0.188. The van der Waals surface area contributed by atoms with Crippen LogP contribution < -0.4 is 0 Å². The van der Waals surface area contributed by atoms with E-state index in [9.17, 15) is 0 Å². The molecule has 0 amide bonds. The number of halogens is 1. The van der Waals surface area contributed by atoms with E-state index in [-0.39, 0.29) is 6.04 Å². The van der Waals surface area contributed by atoms with Crippen LogP contribution >= 0.6 is 11.6 Å². The van der Waals surface area contributed by atoms with Gasteiger partial charge in [0, 0.05) is 24.5 Å². The van der Waals surface area contributed by atoms with E-state index in [0.717, 1.165) is 17.1 Å². The highest BCUT2D eigenvalue weighted by Crippen LogP contribution is 2.28. The maximum Gasteiger partial charge on any atom is 0.230 e. The van der Waals surface area contributed by atoms with Gasteiger partial charge in [-0.25, -0.2) is 0 Å². The van der Waals surface area contributed by atoms with Crippen molar-refractivity contribution in [1.82, 2.24) is 15.1 Å². The van der Waals surface area contributed by atoms with Crippen LogP contribution in [0.3, 0.4) is 0 Å². The highest BCUT2D eigenvalue weighted by molar-refractivity contribution is 6.31. The summed E-state index contributed by atoms with van der Waals surface area (Å²) in [5.41, 5.74) is 1.12. The second-order valence-corrected chi connectivity index (χ2v) is 6.14. The molecular weight excluding hydrogens is 286 g/mol. The Balaban J connectivity index is 2.20. The van der Waals surface area contributed by atoms with E-state index in [0.29, 0.717) is 24.2 Å². The normalized spacial score (nSPS) is 13.1. The van der Waals surface area contributed by atoms with E-state index in [1.165, 1.54) is 0 Å². The molecule has 0 unspecified atom stereocenters. The lowest BCUT2D eigenvalue weighted by Crippen LogP contribution is -2.30. The number of aromatic nitrogens is 2. The molecule has 5 heteroatoms. The Morgan fingerprint density at radius 1 is 1.19 bits per heavy atom. The zero-order valence-electron chi connectivity index (χ0n) is 13.0. The molecule has 0 spiro atoms. The Hall–Kier alpha value is -1.39. The van der Waals surface area contributed by atoms with E-state index >= 15 is 0 Å². The molecule has 1 aromatic heterocycles. The first-order valence-corrected chi connectivity index (χ1v) is 7.62. The monoisotopic (exact) mass is 307 g/mol. The molecule has 1 aromatic carbocycles. The molecular formula is C16H22ClN3O. The summed E-state index contributed by atoms with van der Waals surface area (Å²) in [6, 6.07) is 8.15. The quantitative estimate of drug-likeness (QED) is 0.800. The molecule has 2 aromatic rings. The van der Waals surface area contributed by atoms with Crippen LogP contribution in [0.1, 0.15) is 44.2 Å². The van der Waals surface area contributed by atoms with Gasteiger partial charge in [0.2, 0.25) is 11.8 Å². The number of hydrogen-bond acceptors (Lipinski definition) is 4. The molecule has 2 rings (SSSR count). The zero-order chi connectivity index (χ0) is 15.4. The summed E-state index contributed by atoms with van der Waals surface area (Å²) in [5, 5.41) is 8.79. The van der Waals surface area contributed by atoms with Gasteiger partial charge in [0.25, 0.3) is 0 Å². The van der Waals surface area contributed by atoms with Gasteiger partial charge in [0.05, 0.1) is 6.54 Å². The SMILES string of the molecule is Cc1nnc(CN(CC(C)C)[C@@H](C)c2ccccc2Cl)o1. The minimum Gasteiger partial charge on any atom is -0.424 e. The predicted molar refractivity (Wildman–Crippen MR) is 84.2 cm³/mol. The van der Waals surface area contributed by atoms with Crippen LogP contribution in [0, 0.1) is 12.8 Å². The van der Waals surface area contributed by atoms with Crippen molar-refractivity contribution in [3.8, 4) is 0 Å². The van der Waals surface area contributed by atoms with Gasteiger partial charge in [-0.3, -0.25) is 4.90 Å². The second kappa shape index (κ2) is 7.05. The molecule has 0 saturated heterocycles. The van der Waals surface area contributed by atoms with Gasteiger partial charge in [-0.05, 0) is 24.5 Å². The Kier molecular flexibility index (Phi) is 5.37. The Morgan fingerprint density at radius 2 is 1.90 bits per heavy atom. The van der Waals surface area contributed by atoms with E-state index in [1.54, 1.807) is 6.92 Å². The van der Waals surface area contributed by atoms with Gasteiger partial charge < -0.3 is 4.42 Å². The van der Waals surface area contributed by atoms with E-state index < -0.39 is 0 Å². The summed E-state index contributed by atoms with van der Waals surface area (Å²) in [6.45, 7) is 9.93. The van der Waals surface area contributed by atoms with E-state index in [2.05, 4.69) is 41.9 Å². The fraction of sp³-hybridized carbons (Fsp3) is 0.500. The highest BCUT2D eigenvalue weighted by Gasteiger charge is 2.21. The van der Waals surface area contributed by atoms with E-state index in [1.807, 2.05) is 18.2 Å². The molecule has 0 aliphatic carbocycles. The molecule has 1 heterocycles. The average Bonchev–Trinajstić information content (AvgIpc) is 2.83. The van der Waals surface area contributed by atoms with Gasteiger partial charge in [-0.15, -0.1) is 10.2 Å². The smallest absolute Gasteiger partial charge is 0.230 e. The predicted octanol–water partition coefficient (Wildman–Crippen LogP) is 4.25. The maximum atomic E-state index is 6.33. The molecule has 0 saturated carbocycles. The Labute approximate surface area is 131 Å². The first kappa shape index (κ1) is 16.0. The lowest BCUT2D eigenvalue weighted by atomic mass is 10.1. The lowest BCUT2D eigenvalue weighted by Gasteiger charge is -2.30. The minimum atomic E-state index is 0.188. The van der Waals surface area contributed by atoms with Crippen LogP contribution in [0.5, 0.6) is 0 Å². The summed E-state index contributed by atoms with van der Waals surface area (Å²) in [5.74, 6) is 1.78. The summed E-state index contributed by atoms with van der Waals surface area (Å²) >= 11 is 6.33. The zero-order valence-corrected chi connectivity index (χ0v) is 13.8. The lowest BCUT2D eigenvalue weighted by molar-refractivity contribution is 0.161. The van der Waals surface area contributed by atoms with Crippen LogP contribution in [-0.2, 0) is 6.54 Å². The third kappa shape index (κ3) is 4.29. The van der Waals surface area contributed by atoms with Crippen LogP contribution in [-0.4, -0.2) is 21.6 Å². The number of hydrogen-bond donors (Lipinski definition) is 0. The van der Waals surface area contributed by atoms with Gasteiger partial charge in [-0.1, -0.05) is 43.6 Å². The molecule has 0 bridgehead atoms. The van der Waals surface area contributed by atoms with Gasteiger partial charge in [0.1, 0.15) is 0 Å². The molecule has 0 fully saturated rings. The average molecular weight is 308 g/mol. The van der Waals surface area contributed by atoms with Crippen molar-refractivity contribution < 1.29 is 4.42 Å². The molecule has 0 radical (unpaired) electrons. The third-order valence-electron chi connectivity index (χ3n) is 3.41. The molecule has 1 atom stereocenters. The number of nitrogens with zero attached hydrogens (tertiary/aromatic N) is 3. The fourth-order valence-corrected chi connectivity index (χ4v) is 2.71. The third-order valence-corrected chi connectivity index (χ3v) is 3.75. The standard InChI is InChI=1S/C16H22ClN3O/c1-11(2)9-20(10-16-19-18-13(4)21-16)12(3)14-7-5-6-8-15(14)17/h5-8,11-12H,9-10H2,1-4H3/t12-/m0/s1. The molecule has 4 nitrogen and oxygen atoms in total. The maximum absolute atomic E-state index is 6.33. The largest absolute Gasteiger partial charge is 0.424 e. The summed E-state index contributed by atoms with van der Waals surface area (Å²) < 4.78 is 5.51. The topological polar surface area (TPSA) is 42.2 Å². The van der Waals surface area contributed by atoms with Crippen LogP contribution in [0.15, 0.2) is 28.7 Å². The van der Waals surface area contributed by atoms with Crippen molar-refractivity contribution in [1.29, 1.82) is 0 Å². The van der Waals surface area contributed by atoms with Crippen molar-refractivity contribution in [2.75, 3.05) is 6.54 Å². The van der Waals surface area contributed by atoms with E-state index in [4.69, 9.17) is 16.0 Å². The summed E-state index contributed by atoms with van der Waals surface area (Å²) in [7, 11) is 0. The molecule has 0 N–H and O–H groups in total. The van der Waals surface area contributed by atoms with Crippen LogP contribution in [0.4, 0.5) is 0 Å². The molecule has 21 heavy (non-hydrogen) atoms. The van der Waals surface area contributed by atoms with Gasteiger partial charge in [0.15, 0.2) is 0 Å². The van der Waals surface area contributed by atoms with Crippen molar-refractivity contribution in [3.63, 3.8) is 0 Å². The Morgan fingerprint density at radius 3 is 2.48 bits per heavy atom. The van der Waals surface area contributed by atoms with Gasteiger partial charge >= 0.3 is 0 Å². The number of aryl methyl sites for hydroxylation is 1. The summed E-state index contributed by atoms with van der Waals surface area (Å²) in [4.78, 5) is 2.32. The van der Waals surface area contributed by atoms with Crippen molar-refractivity contribution >= 4 is 11.6 Å². The number of benzene rings is 1. The van der Waals surface area contributed by atoms with Crippen molar-refractivity contribution in [2.24, 2.45) is 5.92 Å². The molecule has 114 valence electrons. The van der Waals surface area contributed by atoms with Crippen LogP contribution in [0.25, 0.3) is 0 Å². The first-order chi connectivity index (χ1) is 9.97. The fourth-order valence-electron chi connectivity index (χ4n) is 2.41. The van der Waals surface area contributed by atoms with Crippen molar-refractivity contribution in [3.05, 3.63) is 46.6 Å². The van der Waals surface area contributed by atoms with Gasteiger partial charge in [-0.2, -0.15) is 0 Å².